The molecule has 27 heavy (non-hydrogen) atoms. The summed E-state index contributed by atoms with van der Waals surface area (Å²) in [7, 11) is 0. The predicted molar refractivity (Wildman–Crippen MR) is 96.7 cm³/mol. The van der Waals surface area contributed by atoms with Crippen molar-refractivity contribution in [3.63, 3.8) is 0 Å². The molecule has 9 nitrogen and oxygen atoms in total. The standard InChI is InChI=1S/C18H26N8O/c1-2-26-15(9-25-11-20-10-21-25)22-23-17(26)12-3-5-24(6-4-12)18(27)16-13-7-19-8-14(13)16/h10-14,16,19H,2-9H2,1H3/t13-,14+,16?. The number of nitrogens with one attached hydrogen (secondary N) is 1. The molecule has 3 atom stereocenters. The van der Waals surface area contributed by atoms with Crippen LogP contribution in [0.1, 0.15) is 37.3 Å². The number of hydrogen-bond donors (Lipinski definition) is 1. The molecule has 4 heterocycles. The first-order valence-corrected chi connectivity index (χ1v) is 10.00. The van der Waals surface area contributed by atoms with Crippen molar-refractivity contribution in [1.29, 1.82) is 0 Å². The number of fused-ring (bicyclic) bond motifs is 1. The zero-order chi connectivity index (χ0) is 18.4. The van der Waals surface area contributed by atoms with E-state index >= 15 is 0 Å². The molecule has 1 N–H and O–H groups in total. The average molecular weight is 370 g/mol. The minimum Gasteiger partial charge on any atom is -0.342 e. The summed E-state index contributed by atoms with van der Waals surface area (Å²) < 4.78 is 3.96. The number of piperidine rings is 2. The topological polar surface area (TPSA) is 93.8 Å². The normalized spacial score (nSPS) is 27.7. The van der Waals surface area contributed by atoms with Crippen molar-refractivity contribution in [2.24, 2.45) is 17.8 Å². The Balaban J connectivity index is 1.23. The van der Waals surface area contributed by atoms with E-state index in [0.717, 1.165) is 57.2 Å². The van der Waals surface area contributed by atoms with Gasteiger partial charge in [0.2, 0.25) is 5.91 Å². The fraction of sp³-hybridized carbons (Fsp3) is 0.722. The fourth-order valence-corrected chi connectivity index (χ4v) is 4.93. The van der Waals surface area contributed by atoms with E-state index in [2.05, 4.69) is 42.0 Å². The Morgan fingerprint density at radius 1 is 1.22 bits per heavy atom. The number of carbonyl (C=O) groups is 1. The molecule has 1 saturated carbocycles. The molecule has 1 aliphatic carbocycles. The molecule has 9 heteroatoms. The molecule has 2 aromatic rings. The van der Waals surface area contributed by atoms with Crippen molar-refractivity contribution in [2.75, 3.05) is 26.2 Å². The van der Waals surface area contributed by atoms with Crippen LogP contribution < -0.4 is 5.32 Å². The summed E-state index contributed by atoms with van der Waals surface area (Å²) in [4.78, 5) is 18.8. The number of amides is 1. The molecule has 3 fully saturated rings. The van der Waals surface area contributed by atoms with E-state index < -0.39 is 0 Å². The zero-order valence-corrected chi connectivity index (χ0v) is 15.7. The number of hydrogen-bond acceptors (Lipinski definition) is 6. The first kappa shape index (κ1) is 16.9. The Morgan fingerprint density at radius 2 is 2.00 bits per heavy atom. The van der Waals surface area contributed by atoms with E-state index in [1.54, 1.807) is 11.0 Å². The third kappa shape index (κ3) is 2.93. The van der Waals surface area contributed by atoms with Crippen LogP contribution in [0.15, 0.2) is 12.7 Å². The molecule has 0 bridgehead atoms. The Bertz CT molecular complexity index is 797. The summed E-state index contributed by atoms with van der Waals surface area (Å²) in [6, 6.07) is 0. The van der Waals surface area contributed by atoms with Crippen molar-refractivity contribution in [1.82, 2.24) is 39.7 Å². The van der Waals surface area contributed by atoms with Crippen molar-refractivity contribution >= 4 is 5.91 Å². The average Bonchev–Trinajstić information content (AvgIpc) is 3.19. The van der Waals surface area contributed by atoms with Gasteiger partial charge in [-0.3, -0.25) is 4.79 Å². The van der Waals surface area contributed by atoms with Gasteiger partial charge in [-0.05, 0) is 44.7 Å². The van der Waals surface area contributed by atoms with E-state index in [4.69, 9.17) is 0 Å². The maximum atomic E-state index is 12.8. The zero-order valence-electron chi connectivity index (χ0n) is 15.7. The highest BCUT2D eigenvalue weighted by Crippen LogP contribution is 2.50. The summed E-state index contributed by atoms with van der Waals surface area (Å²) in [5.74, 6) is 4.19. The van der Waals surface area contributed by atoms with E-state index in [9.17, 15) is 4.79 Å². The van der Waals surface area contributed by atoms with Crippen LogP contribution in [0.25, 0.3) is 0 Å². The van der Waals surface area contributed by atoms with Crippen LogP contribution in [0.4, 0.5) is 0 Å². The highest BCUT2D eigenvalue weighted by atomic mass is 16.2. The van der Waals surface area contributed by atoms with Gasteiger partial charge in [0.15, 0.2) is 5.82 Å². The van der Waals surface area contributed by atoms with Gasteiger partial charge in [0.1, 0.15) is 25.0 Å². The number of aromatic nitrogens is 6. The van der Waals surface area contributed by atoms with Crippen LogP contribution in [0, 0.1) is 17.8 Å². The molecule has 5 rings (SSSR count). The first-order chi connectivity index (χ1) is 13.3. The number of likely N-dealkylation sites (tertiary alicyclic amines) is 1. The van der Waals surface area contributed by atoms with Gasteiger partial charge in [0, 0.05) is 31.5 Å². The molecule has 0 radical (unpaired) electrons. The van der Waals surface area contributed by atoms with Crippen LogP contribution in [0.2, 0.25) is 0 Å². The lowest BCUT2D eigenvalue weighted by Gasteiger charge is -2.32. The molecule has 3 aliphatic rings. The second kappa shape index (κ2) is 6.70. The third-order valence-corrected chi connectivity index (χ3v) is 6.49. The van der Waals surface area contributed by atoms with Crippen LogP contribution in [0.5, 0.6) is 0 Å². The molecule has 0 spiro atoms. The Labute approximate surface area is 158 Å². The number of nitrogens with zero attached hydrogens (tertiary/aromatic N) is 7. The highest BCUT2D eigenvalue weighted by molar-refractivity contribution is 5.82. The summed E-state index contributed by atoms with van der Waals surface area (Å²) in [5.41, 5.74) is 0. The van der Waals surface area contributed by atoms with Crippen LogP contribution in [-0.4, -0.2) is 66.5 Å². The van der Waals surface area contributed by atoms with Gasteiger partial charge in [-0.1, -0.05) is 0 Å². The lowest BCUT2D eigenvalue weighted by Crippen LogP contribution is -2.40. The molecule has 2 aromatic heterocycles. The molecule has 1 unspecified atom stereocenters. The van der Waals surface area contributed by atoms with Gasteiger partial charge in [-0.15, -0.1) is 10.2 Å². The van der Waals surface area contributed by atoms with Gasteiger partial charge >= 0.3 is 0 Å². The van der Waals surface area contributed by atoms with Crippen molar-refractivity contribution < 1.29 is 4.79 Å². The quantitative estimate of drug-likeness (QED) is 0.803. The van der Waals surface area contributed by atoms with Crippen molar-refractivity contribution in [3.05, 3.63) is 24.3 Å². The molecule has 2 saturated heterocycles. The fourth-order valence-electron chi connectivity index (χ4n) is 4.93. The first-order valence-electron chi connectivity index (χ1n) is 10.00. The third-order valence-electron chi connectivity index (χ3n) is 6.49. The number of carbonyl (C=O) groups excluding carboxylic acids is 1. The van der Waals surface area contributed by atoms with Gasteiger partial charge in [0.05, 0.1) is 0 Å². The maximum absolute atomic E-state index is 12.8. The molecule has 2 aliphatic heterocycles. The Morgan fingerprint density at radius 3 is 2.67 bits per heavy atom. The van der Waals surface area contributed by atoms with Crippen LogP contribution >= 0.6 is 0 Å². The number of rotatable bonds is 5. The van der Waals surface area contributed by atoms with Crippen molar-refractivity contribution in [3.8, 4) is 0 Å². The van der Waals surface area contributed by atoms with Crippen LogP contribution in [0.3, 0.4) is 0 Å². The lowest BCUT2D eigenvalue weighted by molar-refractivity contribution is -0.134. The van der Waals surface area contributed by atoms with E-state index in [1.165, 1.54) is 6.33 Å². The monoisotopic (exact) mass is 370 g/mol. The molecule has 1 amide bonds. The lowest BCUT2D eigenvalue weighted by atomic mass is 9.95. The van der Waals surface area contributed by atoms with Crippen molar-refractivity contribution in [2.45, 2.75) is 38.8 Å². The van der Waals surface area contributed by atoms with E-state index in [1.807, 2.05) is 0 Å². The van der Waals surface area contributed by atoms with E-state index in [-0.39, 0.29) is 5.92 Å². The minimum atomic E-state index is 0.288. The van der Waals surface area contributed by atoms with Gasteiger partial charge in [0.25, 0.3) is 0 Å². The second-order valence-corrected chi connectivity index (χ2v) is 7.92. The summed E-state index contributed by atoms with van der Waals surface area (Å²) in [6.45, 7) is 7.25. The SMILES string of the molecule is CCn1c(Cn2cncn2)nnc1C1CCN(C(=O)C2[C@H]3CNC[C@@H]23)CC1. The minimum absolute atomic E-state index is 0.288. The van der Waals surface area contributed by atoms with Crippen LogP contribution in [-0.2, 0) is 17.9 Å². The Kier molecular flexibility index (Phi) is 4.18. The van der Waals surface area contributed by atoms with E-state index in [0.29, 0.717) is 30.2 Å². The van der Waals surface area contributed by atoms with Gasteiger partial charge in [-0.25, -0.2) is 9.67 Å². The second-order valence-electron chi connectivity index (χ2n) is 7.92. The molecule has 144 valence electrons. The molecule has 0 aromatic carbocycles. The highest BCUT2D eigenvalue weighted by Gasteiger charge is 2.57. The molecular formula is C18H26N8O. The summed E-state index contributed by atoms with van der Waals surface area (Å²) in [6.07, 6.45) is 5.16. The van der Waals surface area contributed by atoms with Gasteiger partial charge < -0.3 is 14.8 Å². The molecular weight excluding hydrogens is 344 g/mol. The summed E-state index contributed by atoms with van der Waals surface area (Å²) >= 11 is 0. The largest absolute Gasteiger partial charge is 0.342 e. The smallest absolute Gasteiger partial charge is 0.226 e. The predicted octanol–water partition coefficient (Wildman–Crippen LogP) is 0.109. The van der Waals surface area contributed by atoms with Gasteiger partial charge in [-0.2, -0.15) is 5.10 Å². The summed E-state index contributed by atoms with van der Waals surface area (Å²) in [5, 5.41) is 16.4. The Hall–Kier alpha value is -2.29. The maximum Gasteiger partial charge on any atom is 0.226 e.